The van der Waals surface area contributed by atoms with Gasteiger partial charge in [-0.3, -0.25) is 0 Å². The van der Waals surface area contributed by atoms with Crippen LogP contribution in [0.3, 0.4) is 0 Å². The van der Waals surface area contributed by atoms with E-state index in [-0.39, 0.29) is 17.9 Å². The van der Waals surface area contributed by atoms with E-state index in [1.54, 1.807) is 6.08 Å². The van der Waals surface area contributed by atoms with Gasteiger partial charge in [0.1, 0.15) is 0 Å². The molecule has 0 heterocycles. The standard InChI is InChI=1S/C4H7.F6P.Ni/c1-3-4-2;1-7(2,3,4,5)6;/h3-4H,1H2,2H3;;/q2*-1;/p+1. The SMILES string of the molecule is F[P-](F)(F)(F)(F)F.[CH2-]C=CC.[H+].[Ni]. The molecule has 0 bridgehead atoms. The van der Waals surface area contributed by atoms with Gasteiger partial charge in [-0.2, -0.15) is 0 Å². The summed E-state index contributed by atoms with van der Waals surface area (Å²) in [5, 5.41) is 0. The third-order valence-electron chi connectivity index (χ3n) is 0.236. The Hall–Kier alpha value is 0.114. The third-order valence-corrected chi connectivity index (χ3v) is 0.236. The molecule has 12 heavy (non-hydrogen) atoms. The summed E-state index contributed by atoms with van der Waals surface area (Å²) in [4.78, 5) is 0. The molecule has 0 radical (unpaired) electrons. The van der Waals surface area contributed by atoms with Crippen molar-refractivity contribution in [2.24, 2.45) is 0 Å². The van der Waals surface area contributed by atoms with Gasteiger partial charge in [-0.1, -0.05) is 0 Å². The van der Waals surface area contributed by atoms with Gasteiger partial charge in [-0.05, 0) is 0 Å². The van der Waals surface area contributed by atoms with Crippen molar-refractivity contribution in [1.29, 1.82) is 0 Å². The van der Waals surface area contributed by atoms with Gasteiger partial charge in [-0.25, -0.2) is 19.1 Å². The quantitative estimate of drug-likeness (QED) is 0.251. The molecule has 0 aliphatic carbocycles. The van der Waals surface area contributed by atoms with E-state index in [1.807, 2.05) is 13.0 Å². The zero-order chi connectivity index (χ0) is 9.82. The van der Waals surface area contributed by atoms with E-state index in [0.29, 0.717) is 0 Å². The number of allylic oxidation sites excluding steroid dienone is 2. The molecule has 0 aromatic carbocycles. The Morgan fingerprint density at radius 3 is 1.17 bits per heavy atom. The molecule has 0 aliphatic rings. The summed E-state index contributed by atoms with van der Waals surface area (Å²) in [7, 11) is -10.7. The van der Waals surface area contributed by atoms with E-state index in [2.05, 4.69) is 6.92 Å². The minimum absolute atomic E-state index is 0. The van der Waals surface area contributed by atoms with Crippen LogP contribution in [0.4, 0.5) is 25.2 Å². The summed E-state index contributed by atoms with van der Waals surface area (Å²) in [6, 6.07) is 0. The Balaban J connectivity index is -0.0000000600. The minimum atomic E-state index is -10.7. The molecule has 0 unspecified atom stereocenters. The smallest absolute Gasteiger partial charge is 0.245 e. The zero-order valence-electron chi connectivity index (χ0n) is 6.89. The molecule has 0 N–H and O–H groups in total. The predicted molar refractivity (Wildman–Crippen MR) is 34.9 cm³/mol. The Kier molecular flexibility index (Phi) is 5.83. The third kappa shape index (κ3) is 677. The van der Waals surface area contributed by atoms with Crippen LogP contribution in [-0.2, 0) is 16.5 Å². The predicted octanol–water partition coefficient (Wildman–Crippen LogP) is 4.89. The second-order valence-electron chi connectivity index (χ2n) is 1.53. The summed E-state index contributed by atoms with van der Waals surface area (Å²) >= 11 is 0. The van der Waals surface area contributed by atoms with Gasteiger partial charge in [0.15, 0.2) is 0 Å². The molecule has 0 saturated heterocycles. The first-order chi connectivity index (χ1) is 4.36. The Morgan fingerprint density at radius 1 is 1.08 bits per heavy atom. The fourth-order valence-electron chi connectivity index (χ4n) is 0. The molecule has 0 nitrogen and oxygen atoms in total. The van der Waals surface area contributed by atoms with Crippen molar-refractivity contribution in [3.05, 3.63) is 19.1 Å². The Bertz CT molecular complexity index is 131. The molecule has 0 aromatic rings. The maximum Gasteiger partial charge on any atom is 1.00 e. The number of rotatable bonds is 0. The van der Waals surface area contributed by atoms with E-state index in [4.69, 9.17) is 0 Å². The van der Waals surface area contributed by atoms with Gasteiger partial charge in [-0.15, -0.1) is 6.92 Å². The fourth-order valence-corrected chi connectivity index (χ4v) is 0. The topological polar surface area (TPSA) is 0 Å². The normalized spacial score (nSPS) is 16.6. The molecule has 8 heteroatoms. The molecule has 0 saturated carbocycles. The second-order valence-corrected chi connectivity index (χ2v) is 3.44. The van der Waals surface area contributed by atoms with Gasteiger partial charge in [0, 0.05) is 16.5 Å². The molecule has 0 atom stereocenters. The van der Waals surface area contributed by atoms with Gasteiger partial charge in [0.25, 0.3) is 0 Å². The molecule has 0 rings (SSSR count). The first kappa shape index (κ1) is 18.0. The van der Waals surface area contributed by atoms with Crippen LogP contribution in [0, 0.1) is 6.92 Å². The first-order valence-electron chi connectivity index (χ1n) is 2.33. The van der Waals surface area contributed by atoms with Crippen molar-refractivity contribution in [2.75, 3.05) is 0 Å². The van der Waals surface area contributed by atoms with Gasteiger partial charge < -0.3 is 0 Å². The van der Waals surface area contributed by atoms with Crippen LogP contribution in [0.1, 0.15) is 8.35 Å². The summed E-state index contributed by atoms with van der Waals surface area (Å²) in [5.41, 5.74) is 0. The summed E-state index contributed by atoms with van der Waals surface area (Å²) < 4.78 is 59.2. The van der Waals surface area contributed by atoms with Gasteiger partial charge >= 0.3 is 34.4 Å². The van der Waals surface area contributed by atoms with Crippen molar-refractivity contribution in [3.63, 3.8) is 0 Å². The molecule has 0 aliphatic heterocycles. The minimum Gasteiger partial charge on any atom is -0.245 e. The molecule has 82 valence electrons. The van der Waals surface area contributed by atoms with E-state index in [0.717, 1.165) is 0 Å². The Labute approximate surface area is 77.7 Å². The average Bonchev–Trinajstić information content (AvgIpc) is 1.57. The second kappa shape index (κ2) is 3.88. The number of hydrogen-bond acceptors (Lipinski definition) is 0. The van der Waals surface area contributed by atoms with Crippen molar-refractivity contribution in [2.45, 2.75) is 6.92 Å². The van der Waals surface area contributed by atoms with Crippen LogP contribution in [0.5, 0.6) is 0 Å². The van der Waals surface area contributed by atoms with Crippen molar-refractivity contribution < 1.29 is 43.1 Å². The van der Waals surface area contributed by atoms with Gasteiger partial charge in [0.05, 0.1) is 0 Å². The van der Waals surface area contributed by atoms with E-state index >= 15 is 0 Å². The first-order valence-corrected chi connectivity index (χ1v) is 4.36. The Morgan fingerprint density at radius 2 is 1.17 bits per heavy atom. The molecular weight excluding hydrogens is 252 g/mol. The molecular formula is C4H8F6NiP-. The van der Waals surface area contributed by atoms with E-state index in [9.17, 15) is 25.2 Å². The fraction of sp³-hybridized carbons (Fsp3) is 0.250. The van der Waals surface area contributed by atoms with Crippen molar-refractivity contribution in [1.82, 2.24) is 0 Å². The monoisotopic (exact) mass is 259 g/mol. The van der Waals surface area contributed by atoms with E-state index < -0.39 is 7.81 Å². The van der Waals surface area contributed by atoms with Crippen LogP contribution in [-0.4, -0.2) is 0 Å². The van der Waals surface area contributed by atoms with Crippen LogP contribution in [0.15, 0.2) is 12.2 Å². The molecule has 0 spiro atoms. The zero-order valence-corrected chi connectivity index (χ0v) is 7.78. The molecule has 0 amide bonds. The number of hydrogen-bond donors (Lipinski definition) is 0. The maximum absolute atomic E-state index is 10.7. The van der Waals surface area contributed by atoms with Crippen molar-refractivity contribution >= 4 is 7.81 Å². The summed E-state index contributed by atoms with van der Waals surface area (Å²) in [5.74, 6) is 0. The average molecular weight is 260 g/mol. The molecule has 0 aromatic heterocycles. The molecule has 0 fully saturated rings. The largest absolute Gasteiger partial charge is 1.00 e. The van der Waals surface area contributed by atoms with Crippen LogP contribution in [0.25, 0.3) is 0 Å². The summed E-state index contributed by atoms with van der Waals surface area (Å²) in [6.45, 7) is 5.36. The van der Waals surface area contributed by atoms with E-state index in [1.165, 1.54) is 0 Å². The number of halogens is 6. The van der Waals surface area contributed by atoms with Crippen molar-refractivity contribution in [3.8, 4) is 0 Å². The van der Waals surface area contributed by atoms with Crippen LogP contribution in [0.2, 0.25) is 0 Å². The maximum atomic E-state index is 9.87. The summed E-state index contributed by atoms with van der Waals surface area (Å²) in [6.07, 6.45) is 3.64. The van der Waals surface area contributed by atoms with Gasteiger partial charge in [0.2, 0.25) is 0 Å². The van der Waals surface area contributed by atoms with Crippen LogP contribution >= 0.6 is 7.81 Å². The van der Waals surface area contributed by atoms with Crippen LogP contribution < -0.4 is 0 Å².